The van der Waals surface area contributed by atoms with Gasteiger partial charge in [-0.1, -0.05) is 43.0 Å². The van der Waals surface area contributed by atoms with Gasteiger partial charge < -0.3 is 9.47 Å². The molecule has 18 heavy (non-hydrogen) atoms. The molecule has 0 saturated heterocycles. The smallest absolute Gasteiger partial charge is 0.355 e. The van der Waals surface area contributed by atoms with E-state index in [-0.39, 0.29) is 19.5 Å². The third-order valence-corrected chi connectivity index (χ3v) is 2.50. The second-order valence-electron chi connectivity index (χ2n) is 3.54. The van der Waals surface area contributed by atoms with Crippen LogP contribution in [0.15, 0.2) is 43.0 Å². The van der Waals surface area contributed by atoms with Gasteiger partial charge >= 0.3 is 5.97 Å². The predicted octanol–water partition coefficient (Wildman–Crippen LogP) is 2.01. The van der Waals surface area contributed by atoms with Gasteiger partial charge in [0.1, 0.15) is 6.61 Å². The van der Waals surface area contributed by atoms with E-state index in [1.54, 1.807) is 30.3 Å². The summed E-state index contributed by atoms with van der Waals surface area (Å²) in [5.74, 6) is -0.657. The minimum Gasteiger partial charge on any atom is -0.458 e. The minimum atomic E-state index is -1.49. The summed E-state index contributed by atoms with van der Waals surface area (Å²) in [5, 5.41) is 0. The van der Waals surface area contributed by atoms with Crippen LogP contribution in [0.4, 0.5) is 0 Å². The normalized spacial score (nSPS) is 13.2. The highest BCUT2D eigenvalue weighted by Crippen LogP contribution is 2.30. The fourth-order valence-corrected chi connectivity index (χ4v) is 1.58. The molecule has 4 heteroatoms. The molecule has 0 N–H and O–H groups in total. The number of carbonyl (C=O) groups is 2. The van der Waals surface area contributed by atoms with Crippen LogP contribution in [0, 0.1) is 6.92 Å². The van der Waals surface area contributed by atoms with Crippen molar-refractivity contribution >= 4 is 12.4 Å². The number of rotatable bonds is 7. The molecule has 0 aromatic heterocycles. The van der Waals surface area contributed by atoms with Gasteiger partial charge in [-0.25, -0.2) is 4.79 Å². The van der Waals surface area contributed by atoms with Gasteiger partial charge in [-0.3, -0.25) is 4.79 Å². The number of esters is 1. The van der Waals surface area contributed by atoms with Crippen molar-refractivity contribution in [3.8, 4) is 0 Å². The molecule has 1 radical (unpaired) electrons. The summed E-state index contributed by atoms with van der Waals surface area (Å²) >= 11 is 0. The second kappa shape index (κ2) is 6.59. The Hall–Kier alpha value is -2.10. The molecule has 95 valence electrons. The SMILES string of the molecule is [CH2]CC(OC=O)(C(=O)OCC=C)c1ccccc1. The molecule has 1 aromatic carbocycles. The summed E-state index contributed by atoms with van der Waals surface area (Å²) in [5.41, 5.74) is -0.965. The fraction of sp³-hybridized carbons (Fsp3) is 0.214. The maximum absolute atomic E-state index is 12.1. The Labute approximate surface area is 106 Å². The monoisotopic (exact) mass is 247 g/mol. The van der Waals surface area contributed by atoms with Crippen molar-refractivity contribution in [2.45, 2.75) is 12.0 Å². The van der Waals surface area contributed by atoms with Crippen molar-refractivity contribution in [2.24, 2.45) is 0 Å². The molecule has 1 atom stereocenters. The van der Waals surface area contributed by atoms with Crippen LogP contribution in [-0.4, -0.2) is 19.0 Å². The van der Waals surface area contributed by atoms with Gasteiger partial charge in [0.2, 0.25) is 5.60 Å². The summed E-state index contributed by atoms with van der Waals surface area (Å²) in [4.78, 5) is 22.7. The van der Waals surface area contributed by atoms with Crippen molar-refractivity contribution in [3.63, 3.8) is 0 Å². The van der Waals surface area contributed by atoms with E-state index in [0.717, 1.165) is 0 Å². The van der Waals surface area contributed by atoms with Crippen LogP contribution in [0.3, 0.4) is 0 Å². The molecule has 0 fully saturated rings. The first-order valence-electron chi connectivity index (χ1n) is 5.45. The van der Waals surface area contributed by atoms with Gasteiger partial charge in [-0.2, -0.15) is 0 Å². The van der Waals surface area contributed by atoms with Crippen LogP contribution in [-0.2, 0) is 24.7 Å². The van der Waals surface area contributed by atoms with Gasteiger partial charge in [0.15, 0.2) is 0 Å². The van der Waals surface area contributed by atoms with Crippen molar-refractivity contribution in [1.29, 1.82) is 0 Å². The lowest BCUT2D eigenvalue weighted by Gasteiger charge is -2.28. The standard InChI is InChI=1S/C14H15O4/c1-3-10-17-13(16)14(4-2,18-11-15)12-8-6-5-7-9-12/h3,5-9,11H,1-2,4,10H2. The van der Waals surface area contributed by atoms with E-state index in [1.807, 2.05) is 0 Å². The molecule has 4 nitrogen and oxygen atoms in total. The summed E-state index contributed by atoms with van der Waals surface area (Å²) < 4.78 is 9.95. The van der Waals surface area contributed by atoms with Crippen LogP contribution in [0.25, 0.3) is 0 Å². The first kappa shape index (κ1) is 14.0. The molecular formula is C14H15O4. The van der Waals surface area contributed by atoms with Gasteiger partial charge in [0, 0.05) is 12.0 Å². The van der Waals surface area contributed by atoms with Crippen molar-refractivity contribution in [3.05, 3.63) is 55.5 Å². The summed E-state index contributed by atoms with van der Waals surface area (Å²) in [6.45, 7) is 7.41. The van der Waals surface area contributed by atoms with Crippen LogP contribution >= 0.6 is 0 Å². The van der Waals surface area contributed by atoms with E-state index >= 15 is 0 Å². The summed E-state index contributed by atoms with van der Waals surface area (Å²) in [7, 11) is 0. The van der Waals surface area contributed by atoms with Crippen molar-refractivity contribution in [1.82, 2.24) is 0 Å². The lowest BCUT2D eigenvalue weighted by Crippen LogP contribution is -2.39. The van der Waals surface area contributed by atoms with Crippen molar-refractivity contribution < 1.29 is 19.1 Å². The predicted molar refractivity (Wildman–Crippen MR) is 66.4 cm³/mol. The summed E-state index contributed by atoms with van der Waals surface area (Å²) in [6.07, 6.45) is 1.49. The molecule has 0 aliphatic heterocycles. The van der Waals surface area contributed by atoms with Crippen LogP contribution < -0.4 is 0 Å². The second-order valence-corrected chi connectivity index (χ2v) is 3.54. The molecule has 0 spiro atoms. The van der Waals surface area contributed by atoms with E-state index in [4.69, 9.17) is 9.47 Å². The lowest BCUT2D eigenvalue weighted by molar-refractivity contribution is -0.176. The third-order valence-electron chi connectivity index (χ3n) is 2.50. The molecule has 0 heterocycles. The zero-order valence-corrected chi connectivity index (χ0v) is 10.0. The first-order chi connectivity index (χ1) is 8.71. The molecule has 0 bridgehead atoms. The quantitative estimate of drug-likeness (QED) is 0.420. The van der Waals surface area contributed by atoms with Crippen LogP contribution in [0.5, 0.6) is 0 Å². The Morgan fingerprint density at radius 3 is 2.50 bits per heavy atom. The molecule has 0 aliphatic rings. The highest BCUT2D eigenvalue weighted by molar-refractivity contribution is 5.82. The maximum Gasteiger partial charge on any atom is 0.355 e. The van der Waals surface area contributed by atoms with E-state index in [0.29, 0.717) is 5.56 Å². The molecule has 1 rings (SSSR count). The number of ether oxygens (including phenoxy) is 2. The molecular weight excluding hydrogens is 232 g/mol. The number of benzene rings is 1. The Kier molecular flexibility index (Phi) is 5.11. The van der Waals surface area contributed by atoms with E-state index in [9.17, 15) is 9.59 Å². The Bertz CT molecular complexity index is 413. The zero-order chi connectivity index (χ0) is 13.4. The summed E-state index contributed by atoms with van der Waals surface area (Å²) in [6, 6.07) is 8.66. The maximum atomic E-state index is 12.1. The van der Waals surface area contributed by atoms with Gasteiger partial charge in [-0.05, 0) is 6.92 Å². The topological polar surface area (TPSA) is 52.6 Å². The lowest BCUT2D eigenvalue weighted by atomic mass is 9.91. The Morgan fingerprint density at radius 2 is 2.00 bits per heavy atom. The van der Waals surface area contributed by atoms with E-state index in [2.05, 4.69) is 13.5 Å². The molecule has 1 aromatic rings. The number of hydrogen-bond donors (Lipinski definition) is 0. The van der Waals surface area contributed by atoms with Gasteiger partial charge in [-0.15, -0.1) is 0 Å². The van der Waals surface area contributed by atoms with E-state index in [1.165, 1.54) is 6.08 Å². The minimum absolute atomic E-state index is 0.0474. The van der Waals surface area contributed by atoms with Crippen LogP contribution in [0.1, 0.15) is 12.0 Å². The molecule has 0 aliphatic carbocycles. The Balaban J connectivity index is 3.12. The fourth-order valence-electron chi connectivity index (χ4n) is 1.58. The third kappa shape index (κ3) is 2.77. The molecule has 0 amide bonds. The van der Waals surface area contributed by atoms with Crippen LogP contribution in [0.2, 0.25) is 0 Å². The number of carbonyl (C=O) groups excluding carboxylic acids is 2. The largest absolute Gasteiger partial charge is 0.458 e. The first-order valence-corrected chi connectivity index (χ1v) is 5.45. The van der Waals surface area contributed by atoms with E-state index < -0.39 is 11.6 Å². The Morgan fingerprint density at radius 1 is 1.33 bits per heavy atom. The van der Waals surface area contributed by atoms with Gasteiger partial charge in [0.25, 0.3) is 6.47 Å². The van der Waals surface area contributed by atoms with Crippen molar-refractivity contribution in [2.75, 3.05) is 6.61 Å². The highest BCUT2D eigenvalue weighted by atomic mass is 16.6. The zero-order valence-electron chi connectivity index (χ0n) is 10.0. The average Bonchev–Trinajstić information content (AvgIpc) is 2.43. The van der Waals surface area contributed by atoms with Gasteiger partial charge in [0.05, 0.1) is 0 Å². The average molecular weight is 247 g/mol. The molecule has 1 unspecified atom stereocenters. The highest BCUT2D eigenvalue weighted by Gasteiger charge is 2.42. The molecule has 0 saturated carbocycles. The number of hydrogen-bond acceptors (Lipinski definition) is 4.